The molecule has 1 atom stereocenters. The van der Waals surface area contributed by atoms with E-state index in [9.17, 15) is 5.11 Å². The van der Waals surface area contributed by atoms with Crippen LogP contribution in [0.5, 0.6) is 11.5 Å². The molecular formula is C23H26ClN3O2. The molecule has 0 radical (unpaired) electrons. The summed E-state index contributed by atoms with van der Waals surface area (Å²) in [6.45, 7) is 4.90. The summed E-state index contributed by atoms with van der Waals surface area (Å²) in [6, 6.07) is 10.3. The summed E-state index contributed by atoms with van der Waals surface area (Å²) in [6.07, 6.45) is 5.19. The lowest BCUT2D eigenvalue weighted by Crippen LogP contribution is -2.25. The first-order valence-corrected chi connectivity index (χ1v) is 10.3. The van der Waals surface area contributed by atoms with Crippen molar-refractivity contribution in [3.63, 3.8) is 0 Å². The van der Waals surface area contributed by atoms with E-state index in [0.717, 1.165) is 30.5 Å². The van der Waals surface area contributed by atoms with Gasteiger partial charge >= 0.3 is 0 Å². The molecule has 0 saturated carbocycles. The number of halogens is 1. The van der Waals surface area contributed by atoms with E-state index < -0.39 is 0 Å². The second-order valence-corrected chi connectivity index (χ2v) is 8.09. The Morgan fingerprint density at radius 3 is 2.83 bits per heavy atom. The number of phenols is 1. The molecule has 0 fully saturated rings. The zero-order valence-electron chi connectivity index (χ0n) is 17.0. The summed E-state index contributed by atoms with van der Waals surface area (Å²) in [7, 11) is 1.52. The normalized spacial score (nSPS) is 15.9. The van der Waals surface area contributed by atoms with Crippen molar-refractivity contribution in [1.29, 1.82) is 0 Å². The van der Waals surface area contributed by atoms with Crippen molar-refractivity contribution >= 4 is 11.6 Å². The fourth-order valence-corrected chi connectivity index (χ4v) is 4.21. The molecule has 0 amide bonds. The Bertz CT molecular complexity index is 1040. The first-order valence-electron chi connectivity index (χ1n) is 9.91. The number of rotatable bonds is 5. The minimum atomic E-state index is -0.0208. The van der Waals surface area contributed by atoms with Crippen LogP contribution < -0.4 is 10.1 Å². The molecule has 1 unspecified atom stereocenters. The van der Waals surface area contributed by atoms with Gasteiger partial charge in [-0.2, -0.15) is 5.10 Å². The Labute approximate surface area is 176 Å². The first kappa shape index (κ1) is 19.8. The Kier molecular flexibility index (Phi) is 5.52. The fourth-order valence-electron chi connectivity index (χ4n) is 3.97. The zero-order valence-corrected chi connectivity index (χ0v) is 17.8. The highest BCUT2D eigenvalue weighted by atomic mass is 35.5. The number of aromatic hydroxyl groups is 1. The first-order chi connectivity index (χ1) is 14.0. The van der Waals surface area contributed by atoms with Crippen molar-refractivity contribution < 1.29 is 9.84 Å². The Hall–Kier alpha value is -2.50. The zero-order chi connectivity index (χ0) is 20.5. The highest BCUT2D eigenvalue weighted by molar-refractivity contribution is 6.32. The minimum absolute atomic E-state index is 0.0208. The van der Waals surface area contributed by atoms with Gasteiger partial charge in [-0.05, 0) is 74.1 Å². The number of nitrogens with zero attached hydrogens (tertiary/aromatic N) is 2. The maximum absolute atomic E-state index is 9.93. The quantitative estimate of drug-likeness (QED) is 0.618. The van der Waals surface area contributed by atoms with Crippen LogP contribution in [0.1, 0.15) is 46.8 Å². The summed E-state index contributed by atoms with van der Waals surface area (Å²) in [5.74, 6) is 0.369. The lowest BCUT2D eigenvalue weighted by Gasteiger charge is -2.24. The summed E-state index contributed by atoms with van der Waals surface area (Å²) in [4.78, 5) is 0. The largest absolute Gasteiger partial charge is 0.503 e. The van der Waals surface area contributed by atoms with E-state index in [0.29, 0.717) is 17.3 Å². The van der Waals surface area contributed by atoms with Crippen LogP contribution in [0.15, 0.2) is 36.5 Å². The van der Waals surface area contributed by atoms with Crippen LogP contribution >= 0.6 is 11.6 Å². The van der Waals surface area contributed by atoms with Crippen LogP contribution in [0.3, 0.4) is 0 Å². The van der Waals surface area contributed by atoms with Crippen molar-refractivity contribution in [3.05, 3.63) is 69.5 Å². The number of hydrogen-bond donors (Lipinski definition) is 2. The molecule has 2 N–H and O–H groups in total. The number of methoxy groups -OCH3 is 1. The molecule has 3 aromatic rings. The molecule has 1 aliphatic carbocycles. The van der Waals surface area contributed by atoms with Gasteiger partial charge in [-0.15, -0.1) is 0 Å². The molecule has 6 heteroatoms. The van der Waals surface area contributed by atoms with E-state index in [1.807, 2.05) is 12.3 Å². The van der Waals surface area contributed by atoms with Gasteiger partial charge in [-0.1, -0.05) is 17.7 Å². The van der Waals surface area contributed by atoms with Crippen molar-refractivity contribution in [2.75, 3.05) is 7.11 Å². The topological polar surface area (TPSA) is 59.3 Å². The van der Waals surface area contributed by atoms with Crippen LogP contribution in [0.4, 0.5) is 0 Å². The molecule has 0 spiro atoms. The summed E-state index contributed by atoms with van der Waals surface area (Å²) < 4.78 is 7.29. The summed E-state index contributed by atoms with van der Waals surface area (Å²) in [5, 5.41) is 18.6. The van der Waals surface area contributed by atoms with Gasteiger partial charge in [0.05, 0.1) is 24.0 Å². The third-order valence-electron chi connectivity index (χ3n) is 5.78. The predicted molar refractivity (Wildman–Crippen MR) is 115 cm³/mol. The standard InChI is InChI=1S/C23H26ClN3O2/c1-14-7-8-17(9-15(14)2)27-21-6-4-5-20(18(21)13-26-27)25-12-16-10-19(24)23(28)22(11-16)29-3/h7-11,13,20,25,28H,4-6,12H2,1-3H3. The van der Waals surface area contributed by atoms with E-state index in [2.05, 4.69) is 42.0 Å². The van der Waals surface area contributed by atoms with Crippen LogP contribution in [-0.4, -0.2) is 22.0 Å². The van der Waals surface area contributed by atoms with Crippen LogP contribution in [0.25, 0.3) is 5.69 Å². The van der Waals surface area contributed by atoms with Crippen molar-refractivity contribution in [1.82, 2.24) is 15.1 Å². The Morgan fingerprint density at radius 2 is 2.07 bits per heavy atom. The molecule has 152 valence electrons. The predicted octanol–water partition coefficient (Wildman–Crippen LogP) is 5.02. The molecule has 1 aliphatic rings. The molecule has 29 heavy (non-hydrogen) atoms. The third kappa shape index (κ3) is 3.85. The number of ether oxygens (including phenoxy) is 1. The van der Waals surface area contributed by atoms with Crippen LogP contribution in [0, 0.1) is 13.8 Å². The Morgan fingerprint density at radius 1 is 1.24 bits per heavy atom. The van der Waals surface area contributed by atoms with Gasteiger partial charge in [0.25, 0.3) is 0 Å². The lowest BCUT2D eigenvalue weighted by molar-refractivity contribution is 0.372. The third-order valence-corrected chi connectivity index (χ3v) is 6.07. The van der Waals surface area contributed by atoms with E-state index in [-0.39, 0.29) is 11.8 Å². The minimum Gasteiger partial charge on any atom is -0.503 e. The van der Waals surface area contributed by atoms with E-state index in [1.54, 1.807) is 6.07 Å². The van der Waals surface area contributed by atoms with Crippen molar-refractivity contribution in [2.45, 2.75) is 45.7 Å². The lowest BCUT2D eigenvalue weighted by atomic mass is 9.92. The fraction of sp³-hybridized carbons (Fsp3) is 0.348. The van der Waals surface area contributed by atoms with Crippen molar-refractivity contribution in [3.8, 4) is 17.2 Å². The SMILES string of the molecule is COc1cc(CNC2CCCc3c2cnn3-c2ccc(C)c(C)c2)cc(Cl)c1O. The van der Waals surface area contributed by atoms with Gasteiger partial charge in [0.15, 0.2) is 11.5 Å². The molecule has 1 aromatic heterocycles. The molecule has 0 bridgehead atoms. The van der Waals surface area contributed by atoms with Gasteiger partial charge in [0.2, 0.25) is 0 Å². The molecular weight excluding hydrogens is 386 g/mol. The molecule has 1 heterocycles. The number of phenolic OH excluding ortho intramolecular Hbond substituents is 1. The second-order valence-electron chi connectivity index (χ2n) is 7.68. The average Bonchev–Trinajstić information content (AvgIpc) is 3.15. The second kappa shape index (κ2) is 8.09. The van der Waals surface area contributed by atoms with Gasteiger partial charge in [-0.25, -0.2) is 4.68 Å². The highest BCUT2D eigenvalue weighted by Crippen LogP contribution is 2.36. The number of aromatic nitrogens is 2. The molecule has 0 saturated heterocycles. The van der Waals surface area contributed by atoms with Gasteiger partial charge in [0.1, 0.15) is 0 Å². The summed E-state index contributed by atoms with van der Waals surface area (Å²) >= 11 is 6.12. The van der Waals surface area contributed by atoms with E-state index in [4.69, 9.17) is 21.4 Å². The maximum Gasteiger partial charge on any atom is 0.176 e. The highest BCUT2D eigenvalue weighted by Gasteiger charge is 2.24. The molecule has 5 nitrogen and oxygen atoms in total. The number of benzene rings is 2. The Balaban J connectivity index is 1.56. The summed E-state index contributed by atoms with van der Waals surface area (Å²) in [5.41, 5.74) is 7.18. The monoisotopic (exact) mass is 411 g/mol. The average molecular weight is 412 g/mol. The number of hydrogen-bond acceptors (Lipinski definition) is 4. The smallest absolute Gasteiger partial charge is 0.176 e. The van der Waals surface area contributed by atoms with Gasteiger partial charge in [-0.3, -0.25) is 0 Å². The molecule has 0 aliphatic heterocycles. The number of fused-ring (bicyclic) bond motifs is 1. The van der Waals surface area contributed by atoms with Crippen LogP contribution in [-0.2, 0) is 13.0 Å². The molecule has 4 rings (SSSR count). The van der Waals surface area contributed by atoms with Crippen LogP contribution in [0.2, 0.25) is 5.02 Å². The van der Waals surface area contributed by atoms with Gasteiger partial charge < -0.3 is 15.2 Å². The maximum atomic E-state index is 9.93. The number of aryl methyl sites for hydroxylation is 2. The number of nitrogens with one attached hydrogen (secondary N) is 1. The van der Waals surface area contributed by atoms with Gasteiger partial charge in [0, 0.05) is 23.8 Å². The van der Waals surface area contributed by atoms with E-state index >= 15 is 0 Å². The van der Waals surface area contributed by atoms with E-state index in [1.165, 1.54) is 29.5 Å². The van der Waals surface area contributed by atoms with Crippen molar-refractivity contribution in [2.24, 2.45) is 0 Å². The molecule has 2 aromatic carbocycles.